The molecule has 8 amide bonds. The summed E-state index contributed by atoms with van der Waals surface area (Å²) < 4.78 is 0. The summed E-state index contributed by atoms with van der Waals surface area (Å²) in [6, 6.07) is -7.73. The van der Waals surface area contributed by atoms with E-state index < -0.39 is 114 Å². The van der Waals surface area contributed by atoms with Crippen molar-refractivity contribution in [3.63, 3.8) is 0 Å². The first-order valence-electron chi connectivity index (χ1n) is 25.4. The second kappa shape index (κ2) is 36.1. The number of amides is 8. The lowest BCUT2D eigenvalue weighted by atomic mass is 10.0. The minimum Gasteiger partial charge on any atom is -0.477 e. The van der Waals surface area contributed by atoms with Crippen molar-refractivity contribution >= 4 is 64.9 Å². The van der Waals surface area contributed by atoms with Crippen molar-refractivity contribution < 1.29 is 53.4 Å². The van der Waals surface area contributed by atoms with Gasteiger partial charge in [-0.2, -0.15) is 0 Å². The van der Waals surface area contributed by atoms with Gasteiger partial charge in [-0.05, 0) is 110 Å². The SMILES string of the molecule is NCCCC[C@H](NC(=O)[C@H](Cc1cnc[nH]1)NC(=O)[C@@H]1CCCN1C(=O)C(CCCN)=NC(=O)CNC(=O)[C@H](CCCCN)NC(=O)[C@@H](NC(=O)[C@@H](N)CCCCN)[C@@H](O)CN)C(=O)N/C(=C\CCN=C(N)N)C(=O)O. The number of aliphatic imine (C=N–C) groups is 2. The van der Waals surface area contributed by atoms with E-state index in [1.54, 1.807) is 0 Å². The van der Waals surface area contributed by atoms with Crippen LogP contribution < -0.4 is 77.8 Å². The van der Waals surface area contributed by atoms with Crippen molar-refractivity contribution in [1.82, 2.24) is 46.8 Å². The number of hydrogen-bond donors (Lipinski definition) is 17. The van der Waals surface area contributed by atoms with Crippen molar-refractivity contribution in [3.05, 3.63) is 30.0 Å². The molecule has 2 rings (SSSR count). The minimum absolute atomic E-state index is 0.0346. The molecule has 1 aromatic heterocycles. The zero-order chi connectivity index (χ0) is 56.6. The Bertz CT molecular complexity index is 2140. The molecule has 30 nitrogen and oxygen atoms in total. The maximum atomic E-state index is 14.2. The van der Waals surface area contributed by atoms with Crippen LogP contribution in [0, 0.1) is 0 Å². The van der Waals surface area contributed by atoms with Crippen LogP contribution in [0.15, 0.2) is 34.3 Å². The lowest BCUT2D eigenvalue weighted by molar-refractivity contribution is -0.137. The minimum atomic E-state index is -1.60. The van der Waals surface area contributed by atoms with Crippen LogP contribution in [0.3, 0.4) is 0 Å². The summed E-state index contributed by atoms with van der Waals surface area (Å²) in [5, 5.41) is 35.3. The Morgan fingerprint density at radius 3 is 1.97 bits per heavy atom. The van der Waals surface area contributed by atoms with Crippen molar-refractivity contribution in [2.24, 2.45) is 55.9 Å². The third-order valence-corrected chi connectivity index (χ3v) is 11.9. The van der Waals surface area contributed by atoms with Crippen LogP contribution in [0.4, 0.5) is 0 Å². The van der Waals surface area contributed by atoms with Gasteiger partial charge in [0.05, 0.1) is 25.0 Å². The van der Waals surface area contributed by atoms with E-state index in [0.29, 0.717) is 57.2 Å². The van der Waals surface area contributed by atoms with Crippen LogP contribution in [0.2, 0.25) is 0 Å². The predicted octanol–water partition coefficient (Wildman–Crippen LogP) is -6.51. The average Bonchev–Trinajstić information content (AvgIpc) is 4.11. The number of carboxylic acid groups (broad SMARTS) is 1. The Morgan fingerprint density at radius 1 is 0.776 bits per heavy atom. The molecule has 0 spiro atoms. The molecule has 25 N–H and O–H groups in total. The Morgan fingerprint density at radius 2 is 1.39 bits per heavy atom. The van der Waals surface area contributed by atoms with Crippen molar-refractivity contribution in [1.29, 1.82) is 0 Å². The number of aliphatic hydroxyl groups excluding tert-OH is 1. The van der Waals surface area contributed by atoms with E-state index in [1.165, 1.54) is 23.5 Å². The first-order chi connectivity index (χ1) is 36.3. The standard InChI is InChI=1S/C46H81N19O11/c47-16-4-1-10-28(52)38(68)64-37(35(66)23-51)43(73)61-29(11-2-5-17-48)39(69)57-25-36(67)59-31(13-7-19-50)44(74)65-21-9-15-34(65)42(72)63-33(22-27-24-55-26-58-27)41(71)60-30(12-3-6-18-49)40(70)62-32(45(75)76)14-8-20-56-46(53)54/h14,24,26,28-30,33-35,37,66H,1-13,15-23,25,47-52H2,(H,55,58)(H,57,69)(H,60,71)(H,61,73)(H,62,70)(H,63,72)(H,64,68)(H,75,76)(H4,53,54,56)/b32-14-,59-31?/t28-,29-,30-,33-,34-,35-,37-/m0/s1. The maximum Gasteiger partial charge on any atom is 0.352 e. The summed E-state index contributed by atoms with van der Waals surface area (Å²) in [4.78, 5) is 137. The summed E-state index contributed by atoms with van der Waals surface area (Å²) in [7, 11) is 0. The number of carbonyl (C=O) groups is 9. The number of carboxylic acids is 1. The van der Waals surface area contributed by atoms with Gasteiger partial charge in [-0.25, -0.2) is 14.8 Å². The highest BCUT2D eigenvalue weighted by atomic mass is 16.4. The molecule has 30 heteroatoms. The van der Waals surface area contributed by atoms with Gasteiger partial charge in [0.1, 0.15) is 41.6 Å². The first-order valence-corrected chi connectivity index (χ1v) is 25.4. The Hall–Kier alpha value is -6.96. The van der Waals surface area contributed by atoms with Gasteiger partial charge in [0.15, 0.2) is 5.96 Å². The van der Waals surface area contributed by atoms with E-state index in [2.05, 4.69) is 51.9 Å². The normalized spacial score (nSPS) is 16.0. The number of aliphatic hydroxyl groups is 1. The number of guanidine groups is 1. The van der Waals surface area contributed by atoms with Crippen LogP contribution in [0.25, 0.3) is 0 Å². The number of rotatable bonds is 37. The Kier molecular flexibility index (Phi) is 30.9. The van der Waals surface area contributed by atoms with Gasteiger partial charge in [0, 0.05) is 37.9 Å². The first kappa shape index (κ1) is 65.2. The third-order valence-electron chi connectivity index (χ3n) is 11.9. The molecule has 2 heterocycles. The van der Waals surface area contributed by atoms with Gasteiger partial charge in [0.25, 0.3) is 11.8 Å². The number of hydrogen-bond acceptors (Lipinski definition) is 18. The van der Waals surface area contributed by atoms with E-state index in [9.17, 15) is 53.4 Å². The van der Waals surface area contributed by atoms with Crippen LogP contribution >= 0.6 is 0 Å². The number of unbranched alkanes of at least 4 members (excludes halogenated alkanes) is 3. The lowest BCUT2D eigenvalue weighted by Gasteiger charge is -2.27. The molecule has 0 radical (unpaired) electrons. The van der Waals surface area contributed by atoms with E-state index in [0.717, 1.165) is 0 Å². The number of likely N-dealkylation sites (tertiary alicyclic amines) is 1. The molecule has 0 bridgehead atoms. The van der Waals surface area contributed by atoms with E-state index >= 15 is 0 Å². The number of aromatic amines is 1. The van der Waals surface area contributed by atoms with Crippen LogP contribution in [0.1, 0.15) is 95.6 Å². The summed E-state index contributed by atoms with van der Waals surface area (Å²) in [6.07, 6.45) is 6.02. The second-order valence-electron chi connectivity index (χ2n) is 17.9. The smallest absolute Gasteiger partial charge is 0.352 e. The predicted molar refractivity (Wildman–Crippen MR) is 279 cm³/mol. The quantitative estimate of drug-likeness (QED) is 0.0127. The van der Waals surface area contributed by atoms with E-state index in [1.807, 2.05) is 0 Å². The fourth-order valence-corrected chi connectivity index (χ4v) is 7.74. The molecule has 0 unspecified atom stereocenters. The zero-order valence-corrected chi connectivity index (χ0v) is 43.0. The number of aromatic nitrogens is 2. The molecular weight excluding hydrogens is 995 g/mol. The molecule has 76 heavy (non-hydrogen) atoms. The second-order valence-corrected chi connectivity index (χ2v) is 17.9. The largest absolute Gasteiger partial charge is 0.477 e. The van der Waals surface area contributed by atoms with Crippen molar-refractivity contribution in [2.45, 2.75) is 139 Å². The number of nitrogens with one attached hydrogen (secondary N) is 7. The lowest BCUT2D eigenvalue weighted by Crippen LogP contribution is -2.60. The number of nitrogens with two attached hydrogens (primary N) is 8. The highest BCUT2D eigenvalue weighted by Gasteiger charge is 2.39. The number of H-pyrrole nitrogens is 1. The maximum absolute atomic E-state index is 14.2. The van der Waals surface area contributed by atoms with Crippen molar-refractivity contribution in [2.75, 3.05) is 52.4 Å². The molecular formula is C46H81N19O11. The van der Waals surface area contributed by atoms with Crippen LogP contribution in [-0.2, 0) is 49.6 Å². The summed E-state index contributed by atoms with van der Waals surface area (Å²) in [5.74, 6) is -8.38. The highest BCUT2D eigenvalue weighted by molar-refractivity contribution is 6.40. The zero-order valence-electron chi connectivity index (χ0n) is 43.0. The fourth-order valence-electron chi connectivity index (χ4n) is 7.74. The molecule has 426 valence electrons. The number of nitrogens with zero attached hydrogens (tertiary/aromatic N) is 4. The highest BCUT2D eigenvalue weighted by Crippen LogP contribution is 2.20. The third kappa shape index (κ3) is 23.7. The van der Waals surface area contributed by atoms with Gasteiger partial charge in [-0.15, -0.1) is 0 Å². The number of carbonyl (C=O) groups excluding carboxylic acids is 8. The van der Waals surface area contributed by atoms with Crippen LogP contribution in [0.5, 0.6) is 0 Å². The van der Waals surface area contributed by atoms with Gasteiger partial charge in [-0.1, -0.05) is 12.5 Å². The Labute approximate surface area is 440 Å². The molecule has 1 aliphatic heterocycles. The molecule has 7 atom stereocenters. The molecule has 0 aromatic carbocycles. The average molecular weight is 1080 g/mol. The topological polar surface area (TPSA) is 531 Å². The molecule has 0 aliphatic carbocycles. The summed E-state index contributed by atoms with van der Waals surface area (Å²) in [5.41, 5.74) is 44.6. The van der Waals surface area contributed by atoms with Crippen molar-refractivity contribution in [3.8, 4) is 0 Å². The molecule has 1 saturated heterocycles. The fraction of sp³-hybridized carbons (Fsp3) is 0.652. The van der Waals surface area contributed by atoms with Gasteiger partial charge in [-0.3, -0.25) is 43.3 Å². The molecule has 1 fully saturated rings. The summed E-state index contributed by atoms with van der Waals surface area (Å²) >= 11 is 0. The number of aliphatic carboxylic acids is 1. The molecule has 0 saturated carbocycles. The number of imidazole rings is 1. The summed E-state index contributed by atoms with van der Waals surface area (Å²) in [6.45, 7) is -0.0632. The van der Waals surface area contributed by atoms with Gasteiger partial charge < -0.3 is 97.9 Å². The van der Waals surface area contributed by atoms with Gasteiger partial charge in [0.2, 0.25) is 35.4 Å². The van der Waals surface area contributed by atoms with Crippen LogP contribution in [-0.4, -0.2) is 185 Å². The molecule has 1 aromatic rings. The molecule has 1 aliphatic rings. The van der Waals surface area contributed by atoms with Gasteiger partial charge >= 0.3 is 5.97 Å². The van der Waals surface area contributed by atoms with E-state index in [4.69, 9.17) is 45.9 Å². The van der Waals surface area contributed by atoms with E-state index in [-0.39, 0.29) is 95.8 Å². The Balaban J connectivity index is 2.32. The monoisotopic (exact) mass is 1080 g/mol.